The zero-order valence-corrected chi connectivity index (χ0v) is 18.9. The highest BCUT2D eigenvalue weighted by molar-refractivity contribution is 6.11. The quantitative estimate of drug-likeness (QED) is 0.224. The predicted octanol–water partition coefficient (Wildman–Crippen LogP) is 8.26. The zero-order chi connectivity index (χ0) is 21.4. The molecule has 0 heterocycles. The van der Waals surface area contributed by atoms with Crippen molar-refractivity contribution < 1.29 is 9.90 Å². The van der Waals surface area contributed by atoms with Gasteiger partial charge in [-0.15, -0.1) is 0 Å². The van der Waals surface area contributed by atoms with Gasteiger partial charge in [0.25, 0.3) is 0 Å². The highest BCUT2D eigenvalue weighted by Crippen LogP contribution is 2.26. The van der Waals surface area contributed by atoms with Crippen LogP contribution in [0.15, 0.2) is 48.5 Å². The molecule has 2 rings (SSSR count). The van der Waals surface area contributed by atoms with Crippen LogP contribution in [0, 0.1) is 0 Å². The van der Waals surface area contributed by atoms with Crippen LogP contribution in [0.1, 0.15) is 112 Å². The highest BCUT2D eigenvalue weighted by Gasteiger charge is 2.17. The molecule has 0 amide bonds. The van der Waals surface area contributed by atoms with Gasteiger partial charge < -0.3 is 5.11 Å². The summed E-state index contributed by atoms with van der Waals surface area (Å²) in [5.41, 5.74) is 2.07. The molecule has 0 atom stereocenters. The number of rotatable bonds is 16. The molecular formula is C28H40O2. The van der Waals surface area contributed by atoms with Gasteiger partial charge in [0.05, 0.1) is 5.56 Å². The number of benzene rings is 2. The molecule has 0 spiro atoms. The second kappa shape index (κ2) is 14.8. The molecule has 30 heavy (non-hydrogen) atoms. The molecule has 2 aromatic carbocycles. The van der Waals surface area contributed by atoms with Gasteiger partial charge in [-0.3, -0.25) is 4.79 Å². The molecule has 0 fully saturated rings. The van der Waals surface area contributed by atoms with E-state index < -0.39 is 0 Å². The molecule has 0 unspecified atom stereocenters. The number of hydrogen-bond acceptors (Lipinski definition) is 2. The summed E-state index contributed by atoms with van der Waals surface area (Å²) >= 11 is 0. The number of hydrogen-bond donors (Lipinski definition) is 1. The summed E-state index contributed by atoms with van der Waals surface area (Å²) in [5.74, 6) is 0.00874. The number of aromatic hydroxyl groups is 1. The Kier molecular flexibility index (Phi) is 11.9. The molecule has 0 aliphatic carbocycles. The first-order chi connectivity index (χ1) is 14.7. The number of unbranched alkanes of at least 4 members (excludes halogenated alkanes) is 12. The van der Waals surface area contributed by atoms with Crippen LogP contribution in [0.4, 0.5) is 0 Å². The Morgan fingerprint density at radius 1 is 0.667 bits per heavy atom. The van der Waals surface area contributed by atoms with Crippen LogP contribution in [-0.2, 0) is 6.42 Å². The molecule has 2 nitrogen and oxygen atoms in total. The van der Waals surface area contributed by atoms with E-state index in [1.807, 2.05) is 42.5 Å². The van der Waals surface area contributed by atoms with E-state index in [0.717, 1.165) is 18.4 Å². The Hall–Kier alpha value is -2.09. The van der Waals surface area contributed by atoms with E-state index in [2.05, 4.69) is 6.92 Å². The minimum Gasteiger partial charge on any atom is -0.507 e. The van der Waals surface area contributed by atoms with Crippen molar-refractivity contribution in [3.63, 3.8) is 0 Å². The molecule has 0 saturated carbocycles. The standard InChI is InChI=1S/C28H40O2/c1-2-3-4-5-6-7-8-9-10-11-12-13-15-19-24-22-18-23-26(29)27(24)28(30)25-20-16-14-17-21-25/h14,16-18,20-23,29H,2-13,15,19H2,1H3. The Balaban J connectivity index is 1.64. The van der Waals surface area contributed by atoms with Crippen LogP contribution in [0.2, 0.25) is 0 Å². The minimum absolute atomic E-state index is 0.0848. The van der Waals surface area contributed by atoms with E-state index in [9.17, 15) is 9.90 Å². The van der Waals surface area contributed by atoms with Crippen molar-refractivity contribution in [2.75, 3.05) is 0 Å². The van der Waals surface area contributed by atoms with Gasteiger partial charge >= 0.3 is 0 Å². The number of phenols is 1. The van der Waals surface area contributed by atoms with E-state index in [1.165, 1.54) is 77.0 Å². The minimum atomic E-state index is -0.0848. The molecule has 1 N–H and O–H groups in total. The van der Waals surface area contributed by atoms with E-state index in [1.54, 1.807) is 6.07 Å². The Bertz CT molecular complexity index is 721. The zero-order valence-electron chi connectivity index (χ0n) is 18.9. The molecule has 2 aromatic rings. The van der Waals surface area contributed by atoms with Crippen LogP contribution in [0.5, 0.6) is 5.75 Å². The largest absolute Gasteiger partial charge is 0.507 e. The van der Waals surface area contributed by atoms with Gasteiger partial charge in [0.15, 0.2) is 5.78 Å². The number of carbonyl (C=O) groups is 1. The first kappa shape index (κ1) is 24.2. The second-order valence-electron chi connectivity index (χ2n) is 8.50. The molecule has 0 aliphatic heterocycles. The van der Waals surface area contributed by atoms with E-state index >= 15 is 0 Å². The van der Waals surface area contributed by atoms with Crippen molar-refractivity contribution in [3.05, 3.63) is 65.2 Å². The van der Waals surface area contributed by atoms with Crippen molar-refractivity contribution in [1.82, 2.24) is 0 Å². The smallest absolute Gasteiger partial charge is 0.197 e. The van der Waals surface area contributed by atoms with Crippen molar-refractivity contribution >= 4 is 5.78 Å². The van der Waals surface area contributed by atoms with Gasteiger partial charge in [-0.05, 0) is 24.5 Å². The lowest BCUT2D eigenvalue weighted by atomic mass is 9.94. The van der Waals surface area contributed by atoms with Crippen LogP contribution in [0.25, 0.3) is 0 Å². The van der Waals surface area contributed by atoms with Crippen molar-refractivity contribution in [2.45, 2.75) is 96.8 Å². The maximum Gasteiger partial charge on any atom is 0.197 e. The number of carbonyl (C=O) groups excluding carboxylic acids is 1. The summed E-state index contributed by atoms with van der Waals surface area (Å²) < 4.78 is 0. The summed E-state index contributed by atoms with van der Waals surface area (Å²) in [6.45, 7) is 2.27. The molecule has 0 aromatic heterocycles. The normalized spacial score (nSPS) is 11.0. The van der Waals surface area contributed by atoms with E-state index in [4.69, 9.17) is 0 Å². The third-order valence-corrected chi connectivity index (χ3v) is 5.94. The maximum atomic E-state index is 12.9. The lowest BCUT2D eigenvalue weighted by Crippen LogP contribution is -2.06. The number of phenolic OH excluding ortho intramolecular Hbond substituents is 1. The van der Waals surface area contributed by atoms with Gasteiger partial charge in [0, 0.05) is 5.56 Å². The Labute approximate surface area is 183 Å². The van der Waals surface area contributed by atoms with Gasteiger partial charge in [0.1, 0.15) is 5.75 Å². The second-order valence-corrected chi connectivity index (χ2v) is 8.50. The fourth-order valence-electron chi connectivity index (χ4n) is 4.12. The first-order valence-electron chi connectivity index (χ1n) is 12.1. The number of ketones is 1. The number of aryl methyl sites for hydroxylation is 1. The summed E-state index contributed by atoms with van der Waals surface area (Å²) in [7, 11) is 0. The Morgan fingerprint density at radius 3 is 1.77 bits per heavy atom. The summed E-state index contributed by atoms with van der Waals surface area (Å²) in [6.07, 6.45) is 18.1. The fourth-order valence-corrected chi connectivity index (χ4v) is 4.12. The van der Waals surface area contributed by atoms with Gasteiger partial charge in [-0.2, -0.15) is 0 Å². The van der Waals surface area contributed by atoms with Crippen molar-refractivity contribution in [1.29, 1.82) is 0 Å². The predicted molar refractivity (Wildman–Crippen MR) is 127 cm³/mol. The fraction of sp³-hybridized carbons (Fsp3) is 0.536. The third kappa shape index (κ3) is 8.73. The van der Waals surface area contributed by atoms with E-state index in [-0.39, 0.29) is 11.5 Å². The average molecular weight is 409 g/mol. The Morgan fingerprint density at radius 2 is 1.20 bits per heavy atom. The molecule has 2 heteroatoms. The monoisotopic (exact) mass is 408 g/mol. The van der Waals surface area contributed by atoms with Crippen LogP contribution >= 0.6 is 0 Å². The maximum absolute atomic E-state index is 12.9. The van der Waals surface area contributed by atoms with Gasteiger partial charge in [-0.25, -0.2) is 0 Å². The summed E-state index contributed by atoms with van der Waals surface area (Å²) in [6, 6.07) is 14.7. The van der Waals surface area contributed by atoms with Crippen LogP contribution < -0.4 is 0 Å². The van der Waals surface area contributed by atoms with Crippen molar-refractivity contribution in [2.24, 2.45) is 0 Å². The molecular weight excluding hydrogens is 368 g/mol. The highest BCUT2D eigenvalue weighted by atomic mass is 16.3. The first-order valence-corrected chi connectivity index (χ1v) is 12.1. The lowest BCUT2D eigenvalue weighted by molar-refractivity contribution is 0.103. The molecule has 0 saturated heterocycles. The summed E-state index contributed by atoms with van der Waals surface area (Å²) in [4.78, 5) is 12.9. The van der Waals surface area contributed by atoms with Gasteiger partial charge in [-0.1, -0.05) is 126 Å². The van der Waals surface area contributed by atoms with Gasteiger partial charge in [0.2, 0.25) is 0 Å². The van der Waals surface area contributed by atoms with Crippen LogP contribution in [0.3, 0.4) is 0 Å². The molecule has 0 bridgehead atoms. The third-order valence-electron chi connectivity index (χ3n) is 5.94. The molecule has 0 radical (unpaired) electrons. The topological polar surface area (TPSA) is 37.3 Å². The average Bonchev–Trinajstić information content (AvgIpc) is 2.77. The van der Waals surface area contributed by atoms with Crippen molar-refractivity contribution in [3.8, 4) is 5.75 Å². The lowest BCUT2D eigenvalue weighted by Gasteiger charge is -2.11. The summed E-state index contributed by atoms with van der Waals surface area (Å²) in [5, 5.41) is 10.3. The van der Waals surface area contributed by atoms with Crippen LogP contribution in [-0.4, -0.2) is 10.9 Å². The molecule has 164 valence electrons. The van der Waals surface area contributed by atoms with E-state index in [0.29, 0.717) is 11.1 Å². The SMILES string of the molecule is CCCCCCCCCCCCCCCc1cccc(O)c1C(=O)c1ccccc1. The molecule has 0 aliphatic rings.